The highest BCUT2D eigenvalue weighted by Gasteiger charge is 2.32. The van der Waals surface area contributed by atoms with Crippen molar-refractivity contribution < 1.29 is 31.5 Å². The first kappa shape index (κ1) is 20.9. The van der Waals surface area contributed by atoms with Crippen molar-refractivity contribution in [2.24, 2.45) is 0 Å². The van der Waals surface area contributed by atoms with Gasteiger partial charge >= 0.3 is 12.3 Å². The van der Waals surface area contributed by atoms with Gasteiger partial charge in [-0.3, -0.25) is 0 Å². The third-order valence-electron chi connectivity index (χ3n) is 3.28. The van der Waals surface area contributed by atoms with Gasteiger partial charge in [-0.2, -0.15) is 13.2 Å². The van der Waals surface area contributed by atoms with Crippen molar-refractivity contribution in [3.8, 4) is 0 Å². The predicted octanol–water partition coefficient (Wildman–Crippen LogP) is 5.33. The van der Waals surface area contributed by atoms with Gasteiger partial charge in [-0.15, -0.1) is 0 Å². The van der Waals surface area contributed by atoms with Gasteiger partial charge in [-0.25, -0.2) is 13.6 Å². The van der Waals surface area contributed by atoms with E-state index in [-0.39, 0.29) is 24.0 Å². The van der Waals surface area contributed by atoms with Gasteiger partial charge in [-0.1, -0.05) is 6.92 Å². The second kappa shape index (κ2) is 7.84. The van der Waals surface area contributed by atoms with Crippen LogP contribution in [-0.4, -0.2) is 18.2 Å². The van der Waals surface area contributed by atoms with Gasteiger partial charge in [-0.05, 0) is 50.1 Å². The van der Waals surface area contributed by atoms with Crippen molar-refractivity contribution in [2.45, 2.75) is 45.4 Å². The predicted molar refractivity (Wildman–Crippen MR) is 83.2 cm³/mol. The number of alkyl carbamates (subject to hydrolysis) is 1. The molecule has 0 aliphatic carbocycles. The minimum absolute atomic E-state index is 0.0235. The lowest BCUT2D eigenvalue weighted by Gasteiger charge is -2.21. The first-order chi connectivity index (χ1) is 11.3. The van der Waals surface area contributed by atoms with E-state index in [0.29, 0.717) is 6.07 Å². The van der Waals surface area contributed by atoms with Gasteiger partial charge in [0, 0.05) is 12.5 Å². The zero-order valence-electron chi connectivity index (χ0n) is 14.3. The molecule has 0 aromatic heterocycles. The van der Waals surface area contributed by atoms with Crippen LogP contribution in [0.2, 0.25) is 0 Å². The van der Waals surface area contributed by atoms with E-state index in [0.717, 1.165) is 12.1 Å². The minimum Gasteiger partial charge on any atom is -0.444 e. The van der Waals surface area contributed by atoms with Crippen molar-refractivity contribution in [1.29, 1.82) is 0 Å². The minimum atomic E-state index is -4.72. The van der Waals surface area contributed by atoms with E-state index in [1.165, 1.54) is 6.92 Å². The molecule has 1 rings (SSSR count). The van der Waals surface area contributed by atoms with Crippen LogP contribution in [0.15, 0.2) is 30.1 Å². The first-order valence-electron chi connectivity index (χ1n) is 7.47. The topological polar surface area (TPSA) is 38.3 Å². The average molecular weight is 365 g/mol. The Bertz CT molecular complexity index is 647. The fourth-order valence-electron chi connectivity index (χ4n) is 2.01. The molecule has 0 saturated heterocycles. The van der Waals surface area contributed by atoms with Gasteiger partial charge in [0.25, 0.3) is 0 Å². The zero-order chi connectivity index (χ0) is 19.4. The Labute approximate surface area is 142 Å². The van der Waals surface area contributed by atoms with Crippen LogP contribution in [0.1, 0.15) is 44.7 Å². The Morgan fingerprint density at radius 2 is 1.84 bits per heavy atom. The normalized spacial score (nSPS) is 14.2. The number of amides is 1. The molecule has 1 amide bonds. The van der Waals surface area contributed by atoms with E-state index < -0.39 is 35.2 Å². The molecular formula is C17H20F5NO2. The summed E-state index contributed by atoms with van der Waals surface area (Å²) in [6.07, 6.45) is -5.33. The second-order valence-electron chi connectivity index (χ2n) is 6.53. The lowest BCUT2D eigenvalue weighted by atomic mass is 9.92. The molecule has 0 aliphatic heterocycles. The Balaban J connectivity index is 2.91. The summed E-state index contributed by atoms with van der Waals surface area (Å²) in [5, 5.41) is 2.31. The summed E-state index contributed by atoms with van der Waals surface area (Å²) in [7, 11) is 0. The van der Waals surface area contributed by atoms with E-state index in [9.17, 15) is 26.7 Å². The molecule has 0 saturated carbocycles. The number of carbonyl (C=O) groups is 1. The molecular weight excluding hydrogens is 345 g/mol. The average Bonchev–Trinajstić information content (AvgIpc) is 2.44. The number of benzene rings is 1. The Morgan fingerprint density at radius 1 is 1.24 bits per heavy atom. The number of hydrogen-bond acceptors (Lipinski definition) is 2. The molecule has 1 atom stereocenters. The van der Waals surface area contributed by atoms with Crippen LogP contribution in [0.25, 0.3) is 0 Å². The van der Waals surface area contributed by atoms with Crippen molar-refractivity contribution in [2.75, 3.05) is 6.54 Å². The molecule has 8 heteroatoms. The Morgan fingerprint density at radius 3 is 2.32 bits per heavy atom. The smallest absolute Gasteiger partial charge is 0.416 e. The molecule has 25 heavy (non-hydrogen) atoms. The molecule has 0 heterocycles. The van der Waals surface area contributed by atoms with Crippen LogP contribution in [-0.2, 0) is 10.9 Å². The van der Waals surface area contributed by atoms with Gasteiger partial charge in [0.1, 0.15) is 11.4 Å². The number of rotatable bonds is 4. The summed E-state index contributed by atoms with van der Waals surface area (Å²) >= 11 is 0. The van der Waals surface area contributed by atoms with Crippen molar-refractivity contribution >= 4 is 6.09 Å². The monoisotopic (exact) mass is 365 g/mol. The maximum absolute atomic E-state index is 13.5. The number of carbonyl (C=O) groups excluding carboxylic acids is 1. The summed E-state index contributed by atoms with van der Waals surface area (Å²) < 4.78 is 70.0. The number of hydrogen-bond donors (Lipinski definition) is 1. The third kappa shape index (κ3) is 6.72. The largest absolute Gasteiger partial charge is 0.444 e. The third-order valence-corrected chi connectivity index (χ3v) is 3.28. The second-order valence-corrected chi connectivity index (χ2v) is 6.53. The lowest BCUT2D eigenvalue weighted by Crippen LogP contribution is -2.34. The molecule has 0 radical (unpaired) electrons. The first-order valence-corrected chi connectivity index (χ1v) is 7.47. The standard InChI is InChI=1S/C17H20F5NO2/c1-10(11-5-13(17(20,21)22)7-14(19)6-11)12(8-18)9-23-15(24)25-16(2,3)4/h5-8,10H,9H2,1-4H3,(H,23,24)/b12-8+. The molecule has 0 bridgehead atoms. The van der Waals surface area contributed by atoms with Gasteiger partial charge in [0.15, 0.2) is 0 Å². The molecule has 1 aromatic rings. The summed E-state index contributed by atoms with van der Waals surface area (Å²) in [6.45, 7) is 6.06. The number of nitrogens with one attached hydrogen (secondary N) is 1. The van der Waals surface area contributed by atoms with Crippen LogP contribution in [0.3, 0.4) is 0 Å². The summed E-state index contributed by atoms with van der Waals surface area (Å²) in [5.41, 5.74) is -1.99. The SMILES string of the molecule is CC(/C(=C/F)CNC(=O)OC(C)(C)C)c1cc(F)cc(C(F)(F)F)c1. The molecule has 1 unspecified atom stereocenters. The molecule has 3 nitrogen and oxygen atoms in total. The van der Waals surface area contributed by atoms with E-state index in [4.69, 9.17) is 4.74 Å². The van der Waals surface area contributed by atoms with E-state index in [1.54, 1.807) is 20.8 Å². The van der Waals surface area contributed by atoms with Gasteiger partial charge in [0.05, 0.1) is 11.9 Å². The molecule has 0 spiro atoms. The Hall–Kier alpha value is -2.12. The van der Waals surface area contributed by atoms with Crippen LogP contribution in [0, 0.1) is 5.82 Å². The van der Waals surface area contributed by atoms with Crippen molar-refractivity contribution in [3.05, 3.63) is 47.0 Å². The molecule has 140 valence electrons. The van der Waals surface area contributed by atoms with E-state index >= 15 is 0 Å². The highest BCUT2D eigenvalue weighted by atomic mass is 19.4. The van der Waals surface area contributed by atoms with E-state index in [1.807, 2.05) is 0 Å². The Kier molecular flexibility index (Phi) is 6.56. The maximum atomic E-state index is 13.5. The van der Waals surface area contributed by atoms with Crippen LogP contribution >= 0.6 is 0 Å². The molecule has 0 aliphatic rings. The summed E-state index contributed by atoms with van der Waals surface area (Å²) in [4.78, 5) is 11.6. The molecule has 0 fully saturated rings. The van der Waals surface area contributed by atoms with E-state index in [2.05, 4.69) is 5.32 Å². The number of ether oxygens (including phenoxy) is 1. The quantitative estimate of drug-likeness (QED) is 0.733. The number of alkyl halides is 3. The summed E-state index contributed by atoms with van der Waals surface area (Å²) in [6, 6.07) is 2.02. The van der Waals surface area contributed by atoms with Crippen molar-refractivity contribution in [1.82, 2.24) is 5.32 Å². The summed E-state index contributed by atoms with van der Waals surface area (Å²) in [5.74, 6) is -1.95. The van der Waals surface area contributed by atoms with Crippen molar-refractivity contribution in [3.63, 3.8) is 0 Å². The van der Waals surface area contributed by atoms with Gasteiger partial charge < -0.3 is 10.1 Å². The van der Waals surface area contributed by atoms with Crippen LogP contribution in [0.4, 0.5) is 26.7 Å². The van der Waals surface area contributed by atoms with Gasteiger partial charge in [0.2, 0.25) is 0 Å². The fraction of sp³-hybridized carbons (Fsp3) is 0.471. The highest BCUT2D eigenvalue weighted by molar-refractivity contribution is 5.68. The number of halogens is 5. The van der Waals surface area contributed by atoms with Crippen LogP contribution in [0.5, 0.6) is 0 Å². The molecule has 1 aromatic carbocycles. The lowest BCUT2D eigenvalue weighted by molar-refractivity contribution is -0.137. The molecule has 1 N–H and O–H groups in total. The highest BCUT2D eigenvalue weighted by Crippen LogP contribution is 2.33. The maximum Gasteiger partial charge on any atom is 0.416 e. The van der Waals surface area contributed by atoms with Crippen LogP contribution < -0.4 is 5.32 Å². The fourth-order valence-corrected chi connectivity index (χ4v) is 2.01. The zero-order valence-corrected chi connectivity index (χ0v) is 14.3.